The summed E-state index contributed by atoms with van der Waals surface area (Å²) in [4.78, 5) is 10.4. The lowest BCUT2D eigenvalue weighted by Crippen LogP contribution is -2.32. The second kappa shape index (κ2) is 3.25. The quantitative estimate of drug-likeness (QED) is 0.673. The topological polar surface area (TPSA) is 26.3 Å². The maximum atomic E-state index is 12.3. The molecule has 1 aliphatic rings. The molecule has 0 aliphatic carbocycles. The van der Waals surface area contributed by atoms with Gasteiger partial charge >= 0.3 is 6.18 Å². The Morgan fingerprint density at radius 3 is 2.73 bits per heavy atom. The number of halogens is 3. The van der Waals surface area contributed by atoms with Crippen molar-refractivity contribution < 1.29 is 22.7 Å². The van der Waals surface area contributed by atoms with Gasteiger partial charge in [0.05, 0.1) is 0 Å². The van der Waals surface area contributed by atoms with Crippen LogP contribution in [0.3, 0.4) is 0 Å². The summed E-state index contributed by atoms with van der Waals surface area (Å²) in [6.07, 6.45) is -5.77. The molecule has 0 bridgehead atoms. The summed E-state index contributed by atoms with van der Waals surface area (Å²) in [5.74, 6) is 0.211. The Kier molecular flexibility index (Phi) is 2.17. The van der Waals surface area contributed by atoms with Crippen molar-refractivity contribution in [3.05, 3.63) is 29.3 Å². The van der Waals surface area contributed by atoms with Crippen LogP contribution in [0.25, 0.3) is 0 Å². The number of hydrogen-bond acceptors (Lipinski definition) is 2. The van der Waals surface area contributed by atoms with Crippen molar-refractivity contribution in [3.8, 4) is 5.75 Å². The van der Waals surface area contributed by atoms with E-state index in [0.717, 1.165) is 0 Å². The Hall–Kier alpha value is -1.52. The van der Waals surface area contributed by atoms with Gasteiger partial charge in [0, 0.05) is 12.0 Å². The molecule has 0 spiro atoms. The van der Waals surface area contributed by atoms with Gasteiger partial charge in [0.15, 0.2) is 6.10 Å². The molecule has 1 aromatic rings. The fraction of sp³-hybridized carbons (Fsp3) is 0.300. The maximum Gasteiger partial charge on any atom is 0.425 e. The predicted octanol–water partition coefficient (Wildman–Crippen LogP) is 2.36. The first-order valence-electron chi connectivity index (χ1n) is 4.32. The SMILES string of the molecule is O=Cc1ccc2c(c1)CC(C(F)(F)F)O2. The number of carbonyl (C=O) groups is 1. The van der Waals surface area contributed by atoms with Crippen LogP contribution in [0.1, 0.15) is 15.9 Å². The third-order valence-electron chi connectivity index (χ3n) is 2.26. The number of alkyl halides is 3. The number of benzene rings is 1. The Morgan fingerprint density at radius 1 is 1.40 bits per heavy atom. The third-order valence-corrected chi connectivity index (χ3v) is 2.26. The number of rotatable bonds is 1. The highest BCUT2D eigenvalue weighted by molar-refractivity contribution is 5.75. The summed E-state index contributed by atoms with van der Waals surface area (Å²) >= 11 is 0. The summed E-state index contributed by atoms with van der Waals surface area (Å²) in [5.41, 5.74) is 0.794. The summed E-state index contributed by atoms with van der Waals surface area (Å²) in [6, 6.07) is 4.25. The minimum atomic E-state index is -4.36. The predicted molar refractivity (Wildman–Crippen MR) is 46.0 cm³/mol. The van der Waals surface area contributed by atoms with Crippen molar-refractivity contribution in [2.45, 2.75) is 18.7 Å². The molecular weight excluding hydrogens is 209 g/mol. The normalized spacial score (nSPS) is 19.5. The van der Waals surface area contributed by atoms with Crippen LogP contribution in [0, 0.1) is 0 Å². The van der Waals surface area contributed by atoms with Crippen LogP contribution >= 0.6 is 0 Å². The highest BCUT2D eigenvalue weighted by atomic mass is 19.4. The molecule has 15 heavy (non-hydrogen) atoms. The van der Waals surface area contributed by atoms with Gasteiger partial charge in [-0.1, -0.05) is 0 Å². The van der Waals surface area contributed by atoms with Gasteiger partial charge in [-0.2, -0.15) is 13.2 Å². The van der Waals surface area contributed by atoms with Crippen molar-refractivity contribution in [1.29, 1.82) is 0 Å². The molecule has 0 saturated carbocycles. The smallest absolute Gasteiger partial charge is 0.425 e. The average molecular weight is 216 g/mol. The van der Waals surface area contributed by atoms with Gasteiger partial charge in [-0.15, -0.1) is 0 Å². The lowest BCUT2D eigenvalue weighted by atomic mass is 10.1. The number of hydrogen-bond donors (Lipinski definition) is 0. The lowest BCUT2D eigenvalue weighted by molar-refractivity contribution is -0.189. The van der Waals surface area contributed by atoms with Crippen molar-refractivity contribution in [1.82, 2.24) is 0 Å². The van der Waals surface area contributed by atoms with Gasteiger partial charge in [-0.3, -0.25) is 4.79 Å². The Labute approximate surface area is 83.7 Å². The Bertz CT molecular complexity index is 398. The van der Waals surface area contributed by atoms with Gasteiger partial charge in [-0.05, 0) is 23.8 Å². The van der Waals surface area contributed by atoms with Crippen LogP contribution < -0.4 is 4.74 Å². The van der Waals surface area contributed by atoms with Crippen LogP contribution in [-0.4, -0.2) is 18.6 Å². The van der Waals surface area contributed by atoms with Crippen LogP contribution in [0.5, 0.6) is 5.75 Å². The monoisotopic (exact) mass is 216 g/mol. The average Bonchev–Trinajstić information content (AvgIpc) is 2.59. The van der Waals surface area contributed by atoms with E-state index in [1.165, 1.54) is 18.2 Å². The molecule has 1 heterocycles. The lowest BCUT2D eigenvalue weighted by Gasteiger charge is -2.13. The zero-order valence-electron chi connectivity index (χ0n) is 7.54. The van der Waals surface area contributed by atoms with E-state index < -0.39 is 12.3 Å². The van der Waals surface area contributed by atoms with Crippen LogP contribution in [0.2, 0.25) is 0 Å². The minimum Gasteiger partial charge on any atom is -0.480 e. The molecule has 1 unspecified atom stereocenters. The van der Waals surface area contributed by atoms with Crippen molar-refractivity contribution in [2.75, 3.05) is 0 Å². The first-order valence-corrected chi connectivity index (χ1v) is 4.32. The fourth-order valence-corrected chi connectivity index (χ4v) is 1.52. The van der Waals surface area contributed by atoms with Crippen LogP contribution in [0.4, 0.5) is 13.2 Å². The number of fused-ring (bicyclic) bond motifs is 1. The zero-order valence-corrected chi connectivity index (χ0v) is 7.54. The highest BCUT2D eigenvalue weighted by Gasteiger charge is 2.45. The molecule has 0 aromatic heterocycles. The third kappa shape index (κ3) is 1.82. The van der Waals surface area contributed by atoms with Gasteiger partial charge < -0.3 is 4.74 Å². The molecule has 2 rings (SSSR count). The van der Waals surface area contributed by atoms with E-state index in [1.807, 2.05) is 0 Å². The van der Waals surface area contributed by atoms with E-state index in [2.05, 4.69) is 0 Å². The van der Waals surface area contributed by atoms with Gasteiger partial charge in [0.1, 0.15) is 12.0 Å². The molecule has 5 heteroatoms. The molecular formula is C10H7F3O2. The number of ether oxygens (including phenoxy) is 1. The van der Waals surface area contributed by atoms with Gasteiger partial charge in [-0.25, -0.2) is 0 Å². The molecule has 0 saturated heterocycles. The molecule has 1 aliphatic heterocycles. The molecule has 0 amide bonds. The maximum absolute atomic E-state index is 12.3. The molecule has 80 valence electrons. The van der Waals surface area contributed by atoms with E-state index in [1.54, 1.807) is 0 Å². The van der Waals surface area contributed by atoms with Crippen LogP contribution in [-0.2, 0) is 6.42 Å². The summed E-state index contributed by atoms with van der Waals surface area (Å²) in [7, 11) is 0. The number of aldehydes is 1. The largest absolute Gasteiger partial charge is 0.480 e. The fourth-order valence-electron chi connectivity index (χ4n) is 1.52. The van der Waals surface area contributed by atoms with E-state index in [9.17, 15) is 18.0 Å². The molecule has 0 N–H and O–H groups in total. The minimum absolute atomic E-state index is 0.211. The van der Waals surface area contributed by atoms with Crippen molar-refractivity contribution in [3.63, 3.8) is 0 Å². The van der Waals surface area contributed by atoms with E-state index in [4.69, 9.17) is 4.74 Å². The van der Waals surface area contributed by atoms with E-state index >= 15 is 0 Å². The van der Waals surface area contributed by atoms with E-state index in [-0.39, 0.29) is 12.2 Å². The highest BCUT2D eigenvalue weighted by Crippen LogP contribution is 2.36. The number of carbonyl (C=O) groups excluding carboxylic acids is 1. The van der Waals surface area contributed by atoms with Gasteiger partial charge in [0.25, 0.3) is 0 Å². The Morgan fingerprint density at radius 2 is 2.13 bits per heavy atom. The van der Waals surface area contributed by atoms with Crippen molar-refractivity contribution in [2.24, 2.45) is 0 Å². The molecule has 1 aromatic carbocycles. The first-order chi connectivity index (χ1) is 7.00. The summed E-state index contributed by atoms with van der Waals surface area (Å²) < 4.78 is 41.7. The van der Waals surface area contributed by atoms with E-state index in [0.29, 0.717) is 17.4 Å². The second-order valence-corrected chi connectivity index (χ2v) is 3.34. The molecule has 2 nitrogen and oxygen atoms in total. The molecule has 0 radical (unpaired) electrons. The standard InChI is InChI=1S/C10H7F3O2/c11-10(12,13)9-4-7-3-6(5-14)1-2-8(7)15-9/h1-3,5,9H,4H2. The molecule has 0 fully saturated rings. The zero-order chi connectivity index (χ0) is 11.1. The first kappa shape index (κ1) is 10.0. The van der Waals surface area contributed by atoms with Gasteiger partial charge in [0.2, 0.25) is 0 Å². The van der Waals surface area contributed by atoms with Crippen molar-refractivity contribution >= 4 is 6.29 Å². The Balaban J connectivity index is 2.27. The molecule has 1 atom stereocenters. The second-order valence-electron chi connectivity index (χ2n) is 3.34. The summed E-state index contributed by atoms with van der Waals surface area (Å²) in [6.45, 7) is 0. The summed E-state index contributed by atoms with van der Waals surface area (Å²) in [5, 5.41) is 0. The van der Waals surface area contributed by atoms with Crippen LogP contribution in [0.15, 0.2) is 18.2 Å².